The van der Waals surface area contributed by atoms with Crippen molar-refractivity contribution in [2.75, 3.05) is 13.1 Å². The van der Waals surface area contributed by atoms with Gasteiger partial charge in [0.1, 0.15) is 0 Å². The molecule has 1 aromatic heterocycles. The van der Waals surface area contributed by atoms with Crippen LogP contribution in [0.1, 0.15) is 31.2 Å². The highest BCUT2D eigenvalue weighted by Gasteiger charge is 2.21. The summed E-state index contributed by atoms with van der Waals surface area (Å²) in [4.78, 5) is 14.0. The van der Waals surface area contributed by atoms with E-state index in [-0.39, 0.29) is 5.91 Å². The summed E-state index contributed by atoms with van der Waals surface area (Å²) in [5.74, 6) is 0.844. The molecular formula is C12H19N3O. The fraction of sp³-hybridized carbons (Fsp3) is 0.667. The van der Waals surface area contributed by atoms with E-state index in [1.807, 2.05) is 17.9 Å². The van der Waals surface area contributed by atoms with Crippen LogP contribution in [0.3, 0.4) is 0 Å². The minimum Gasteiger partial charge on any atom is -0.342 e. The Kier molecular flexibility index (Phi) is 3.27. The zero-order valence-electron chi connectivity index (χ0n) is 9.99. The number of hydrogen-bond acceptors (Lipinski definition) is 2. The molecule has 0 aromatic carbocycles. The predicted molar refractivity (Wildman–Crippen MR) is 62.0 cm³/mol. The molecule has 2 heterocycles. The summed E-state index contributed by atoms with van der Waals surface area (Å²) < 4.78 is 0. The van der Waals surface area contributed by atoms with Crippen LogP contribution in [0.2, 0.25) is 0 Å². The highest BCUT2D eigenvalue weighted by atomic mass is 16.2. The van der Waals surface area contributed by atoms with Crippen molar-refractivity contribution < 1.29 is 4.79 Å². The lowest BCUT2D eigenvalue weighted by molar-refractivity contribution is -0.132. The third kappa shape index (κ3) is 2.62. The van der Waals surface area contributed by atoms with E-state index in [0.29, 0.717) is 12.3 Å². The Hall–Kier alpha value is -1.32. The van der Waals surface area contributed by atoms with Gasteiger partial charge in [-0.3, -0.25) is 9.89 Å². The van der Waals surface area contributed by atoms with Crippen molar-refractivity contribution in [3.8, 4) is 0 Å². The number of aromatic nitrogens is 2. The largest absolute Gasteiger partial charge is 0.342 e. The lowest BCUT2D eigenvalue weighted by Crippen LogP contribution is -2.39. The third-order valence-corrected chi connectivity index (χ3v) is 3.10. The van der Waals surface area contributed by atoms with Crippen LogP contribution < -0.4 is 0 Å². The fourth-order valence-corrected chi connectivity index (χ4v) is 2.25. The zero-order chi connectivity index (χ0) is 11.5. The van der Waals surface area contributed by atoms with Crippen LogP contribution >= 0.6 is 0 Å². The van der Waals surface area contributed by atoms with E-state index in [1.165, 1.54) is 6.42 Å². The normalized spacial score (nSPS) is 21.1. The molecule has 0 aliphatic carbocycles. The molecule has 1 aliphatic rings. The number of H-pyrrole nitrogens is 1. The van der Waals surface area contributed by atoms with Crippen molar-refractivity contribution in [2.45, 2.75) is 33.1 Å². The summed E-state index contributed by atoms with van der Waals surface area (Å²) in [5.41, 5.74) is 1.86. The van der Waals surface area contributed by atoms with E-state index in [0.717, 1.165) is 30.9 Å². The Morgan fingerprint density at radius 1 is 1.69 bits per heavy atom. The molecular weight excluding hydrogens is 202 g/mol. The molecule has 1 aromatic rings. The molecule has 1 aliphatic heterocycles. The second-order valence-corrected chi connectivity index (χ2v) is 4.81. The van der Waals surface area contributed by atoms with Gasteiger partial charge in [0.25, 0.3) is 0 Å². The second-order valence-electron chi connectivity index (χ2n) is 4.81. The summed E-state index contributed by atoms with van der Waals surface area (Å²) in [6.07, 6.45) is 2.80. The third-order valence-electron chi connectivity index (χ3n) is 3.10. The topological polar surface area (TPSA) is 49.0 Å². The first kappa shape index (κ1) is 11.2. The van der Waals surface area contributed by atoms with Gasteiger partial charge in [0.05, 0.1) is 12.1 Å². The highest BCUT2D eigenvalue weighted by molar-refractivity contribution is 5.78. The smallest absolute Gasteiger partial charge is 0.228 e. The van der Waals surface area contributed by atoms with Gasteiger partial charge in [-0.05, 0) is 31.7 Å². The first-order valence-corrected chi connectivity index (χ1v) is 5.94. The molecule has 1 unspecified atom stereocenters. The molecule has 2 rings (SSSR count). The minimum absolute atomic E-state index is 0.207. The van der Waals surface area contributed by atoms with Crippen molar-refractivity contribution in [3.63, 3.8) is 0 Å². The van der Waals surface area contributed by atoms with Gasteiger partial charge < -0.3 is 4.90 Å². The lowest BCUT2D eigenvalue weighted by atomic mass is 10.00. The summed E-state index contributed by atoms with van der Waals surface area (Å²) in [7, 11) is 0. The molecule has 0 bridgehead atoms. The van der Waals surface area contributed by atoms with E-state index < -0.39 is 0 Å². The average Bonchev–Trinajstić information content (AvgIpc) is 2.64. The molecule has 1 atom stereocenters. The van der Waals surface area contributed by atoms with Crippen LogP contribution in [0, 0.1) is 12.8 Å². The Morgan fingerprint density at radius 2 is 2.50 bits per heavy atom. The number of carbonyl (C=O) groups excluding carboxylic acids is 1. The van der Waals surface area contributed by atoms with E-state index in [4.69, 9.17) is 0 Å². The van der Waals surface area contributed by atoms with Crippen LogP contribution in [0.4, 0.5) is 0 Å². The van der Waals surface area contributed by atoms with Gasteiger partial charge in [-0.15, -0.1) is 0 Å². The molecule has 4 heteroatoms. The highest BCUT2D eigenvalue weighted by Crippen LogP contribution is 2.16. The number of piperidine rings is 1. The fourth-order valence-electron chi connectivity index (χ4n) is 2.25. The number of nitrogens with zero attached hydrogens (tertiary/aromatic N) is 2. The van der Waals surface area contributed by atoms with Gasteiger partial charge in [-0.1, -0.05) is 6.92 Å². The number of amides is 1. The molecule has 0 saturated carbocycles. The lowest BCUT2D eigenvalue weighted by Gasteiger charge is -2.30. The van der Waals surface area contributed by atoms with Gasteiger partial charge in [-0.2, -0.15) is 5.10 Å². The Bertz CT molecular complexity index is 372. The van der Waals surface area contributed by atoms with E-state index >= 15 is 0 Å². The summed E-state index contributed by atoms with van der Waals surface area (Å²) in [6.45, 7) is 5.97. The van der Waals surface area contributed by atoms with Crippen LogP contribution in [0.25, 0.3) is 0 Å². The average molecular weight is 221 g/mol. The quantitative estimate of drug-likeness (QED) is 0.823. The van der Waals surface area contributed by atoms with Crippen LogP contribution in [0.5, 0.6) is 0 Å². The Labute approximate surface area is 96.0 Å². The first-order valence-electron chi connectivity index (χ1n) is 5.94. The Morgan fingerprint density at radius 3 is 3.12 bits per heavy atom. The maximum Gasteiger partial charge on any atom is 0.228 e. The molecule has 4 nitrogen and oxygen atoms in total. The number of aromatic amines is 1. The SMILES string of the molecule is Cc1cc(CC(=O)N2CCCC(C)C2)n[nH]1. The van der Waals surface area contributed by atoms with Crippen molar-refractivity contribution in [3.05, 3.63) is 17.5 Å². The van der Waals surface area contributed by atoms with E-state index in [2.05, 4.69) is 17.1 Å². The second kappa shape index (κ2) is 4.68. The molecule has 0 spiro atoms. The van der Waals surface area contributed by atoms with Crippen LogP contribution in [0.15, 0.2) is 6.07 Å². The summed E-state index contributed by atoms with van der Waals surface area (Å²) in [6, 6.07) is 1.94. The predicted octanol–water partition coefficient (Wildman–Crippen LogP) is 1.52. The molecule has 88 valence electrons. The zero-order valence-corrected chi connectivity index (χ0v) is 9.99. The minimum atomic E-state index is 0.207. The molecule has 1 N–H and O–H groups in total. The maximum absolute atomic E-state index is 12.0. The first-order chi connectivity index (χ1) is 7.65. The molecule has 0 radical (unpaired) electrons. The van der Waals surface area contributed by atoms with Crippen LogP contribution in [-0.2, 0) is 11.2 Å². The Balaban J connectivity index is 1.92. The number of hydrogen-bond donors (Lipinski definition) is 1. The van der Waals surface area contributed by atoms with Gasteiger partial charge >= 0.3 is 0 Å². The molecule has 1 saturated heterocycles. The van der Waals surface area contributed by atoms with Gasteiger partial charge in [-0.25, -0.2) is 0 Å². The van der Waals surface area contributed by atoms with Gasteiger partial charge in [0, 0.05) is 18.8 Å². The number of rotatable bonds is 2. The standard InChI is InChI=1S/C12H19N3O/c1-9-4-3-5-15(8-9)12(16)7-11-6-10(2)13-14-11/h6,9H,3-5,7-8H2,1-2H3,(H,13,14). The van der Waals surface area contributed by atoms with Gasteiger partial charge in [0.2, 0.25) is 5.91 Å². The monoisotopic (exact) mass is 221 g/mol. The maximum atomic E-state index is 12.0. The number of likely N-dealkylation sites (tertiary alicyclic amines) is 1. The number of aryl methyl sites for hydroxylation is 1. The van der Waals surface area contributed by atoms with Crippen LogP contribution in [-0.4, -0.2) is 34.1 Å². The van der Waals surface area contributed by atoms with Crippen molar-refractivity contribution >= 4 is 5.91 Å². The summed E-state index contributed by atoms with van der Waals surface area (Å²) in [5, 5.41) is 6.96. The van der Waals surface area contributed by atoms with Crippen molar-refractivity contribution in [1.82, 2.24) is 15.1 Å². The van der Waals surface area contributed by atoms with E-state index in [1.54, 1.807) is 0 Å². The molecule has 1 fully saturated rings. The number of nitrogens with one attached hydrogen (secondary N) is 1. The molecule has 16 heavy (non-hydrogen) atoms. The summed E-state index contributed by atoms with van der Waals surface area (Å²) >= 11 is 0. The molecule has 1 amide bonds. The van der Waals surface area contributed by atoms with Crippen molar-refractivity contribution in [1.29, 1.82) is 0 Å². The van der Waals surface area contributed by atoms with Gasteiger partial charge in [0.15, 0.2) is 0 Å². The number of carbonyl (C=O) groups is 1. The van der Waals surface area contributed by atoms with Crippen molar-refractivity contribution in [2.24, 2.45) is 5.92 Å². The van der Waals surface area contributed by atoms with E-state index in [9.17, 15) is 4.79 Å².